The van der Waals surface area contributed by atoms with E-state index in [4.69, 9.17) is 4.74 Å². The molecule has 3 nitrogen and oxygen atoms in total. The molecule has 1 saturated heterocycles. The van der Waals surface area contributed by atoms with Gasteiger partial charge < -0.3 is 9.64 Å². The summed E-state index contributed by atoms with van der Waals surface area (Å²) in [6.45, 7) is 9.82. The van der Waals surface area contributed by atoms with E-state index in [0.29, 0.717) is 0 Å². The predicted octanol–water partition coefficient (Wildman–Crippen LogP) is 4.08. The quantitative estimate of drug-likeness (QED) is 0.831. The lowest BCUT2D eigenvalue weighted by atomic mass is 9.86. The number of nitrogens with zero attached hydrogens (tertiary/aromatic N) is 1. The maximum absolute atomic E-state index is 12.9. The Labute approximate surface area is 152 Å². The van der Waals surface area contributed by atoms with Gasteiger partial charge in [-0.3, -0.25) is 4.79 Å². The van der Waals surface area contributed by atoms with Crippen molar-refractivity contribution in [1.29, 1.82) is 0 Å². The maximum atomic E-state index is 12.9. The minimum atomic E-state index is 0.252. The third kappa shape index (κ3) is 3.13. The molecule has 132 valence electrons. The van der Waals surface area contributed by atoms with Gasteiger partial charge in [-0.2, -0.15) is 0 Å². The molecule has 4 heteroatoms. The first-order valence-corrected chi connectivity index (χ1v) is 10.1. The van der Waals surface area contributed by atoms with Crippen molar-refractivity contribution in [2.45, 2.75) is 32.6 Å². The zero-order valence-corrected chi connectivity index (χ0v) is 15.7. The fourth-order valence-corrected chi connectivity index (χ4v) is 5.31. The van der Waals surface area contributed by atoms with E-state index in [0.717, 1.165) is 78.4 Å². The van der Waals surface area contributed by atoms with Gasteiger partial charge in [0.25, 0.3) is 0 Å². The van der Waals surface area contributed by atoms with E-state index in [1.54, 1.807) is 0 Å². The molecule has 2 aromatic rings. The molecule has 1 fully saturated rings. The molecule has 0 radical (unpaired) electrons. The number of hydrogen-bond acceptors (Lipinski definition) is 4. The van der Waals surface area contributed by atoms with Gasteiger partial charge in [0, 0.05) is 39.3 Å². The zero-order valence-electron chi connectivity index (χ0n) is 14.8. The summed E-state index contributed by atoms with van der Waals surface area (Å²) in [5, 5.41) is 0.872. The minimum Gasteiger partial charge on any atom is -0.378 e. The summed E-state index contributed by atoms with van der Waals surface area (Å²) in [7, 11) is 0. The Balaban J connectivity index is 1.73. The molecule has 0 saturated carbocycles. The summed E-state index contributed by atoms with van der Waals surface area (Å²) in [5.74, 6) is 0.729. The van der Waals surface area contributed by atoms with Crippen LogP contribution in [0.25, 0.3) is 15.8 Å². The average Bonchev–Trinajstić information content (AvgIpc) is 2.67. The fourth-order valence-electron chi connectivity index (χ4n) is 3.95. The van der Waals surface area contributed by atoms with Gasteiger partial charge in [-0.25, -0.2) is 0 Å². The number of benzene rings is 1. The van der Waals surface area contributed by atoms with Crippen LogP contribution in [0.2, 0.25) is 0 Å². The van der Waals surface area contributed by atoms with Gasteiger partial charge in [-0.05, 0) is 42.9 Å². The zero-order chi connectivity index (χ0) is 17.4. The Morgan fingerprint density at radius 2 is 2.16 bits per heavy atom. The van der Waals surface area contributed by atoms with E-state index in [-0.39, 0.29) is 5.43 Å². The van der Waals surface area contributed by atoms with Crippen LogP contribution in [-0.2, 0) is 17.6 Å². The van der Waals surface area contributed by atoms with Crippen LogP contribution in [-0.4, -0.2) is 31.2 Å². The molecule has 0 N–H and O–H groups in total. The van der Waals surface area contributed by atoms with Crippen LogP contribution in [0.1, 0.15) is 35.8 Å². The number of morpholine rings is 1. The third-order valence-electron chi connectivity index (χ3n) is 5.65. The molecule has 4 rings (SSSR count). The first kappa shape index (κ1) is 16.8. The molecule has 1 aliphatic carbocycles. The Morgan fingerprint density at radius 3 is 2.92 bits per heavy atom. The van der Waals surface area contributed by atoms with Crippen LogP contribution >= 0.6 is 11.3 Å². The normalized spacial score (nSPS) is 20.5. The van der Waals surface area contributed by atoms with E-state index in [1.807, 2.05) is 17.4 Å². The summed E-state index contributed by atoms with van der Waals surface area (Å²) in [4.78, 5) is 16.5. The molecule has 25 heavy (non-hydrogen) atoms. The lowest BCUT2D eigenvalue weighted by molar-refractivity contribution is 0.0641. The second-order valence-electron chi connectivity index (χ2n) is 7.11. The van der Waals surface area contributed by atoms with Crippen molar-refractivity contribution in [3.05, 3.63) is 51.0 Å². The highest BCUT2D eigenvalue weighted by molar-refractivity contribution is 7.18. The molecule has 1 atom stereocenters. The number of rotatable bonds is 3. The molecule has 1 aromatic heterocycles. The second kappa shape index (κ2) is 6.93. The van der Waals surface area contributed by atoms with E-state index in [2.05, 4.69) is 30.5 Å². The third-order valence-corrected chi connectivity index (χ3v) is 6.87. The lowest BCUT2D eigenvalue weighted by Gasteiger charge is -2.30. The topological polar surface area (TPSA) is 29.5 Å². The van der Waals surface area contributed by atoms with E-state index in [9.17, 15) is 4.79 Å². The highest BCUT2D eigenvalue weighted by Crippen LogP contribution is 2.33. The monoisotopic (exact) mass is 355 g/mol. The molecule has 1 aliphatic heterocycles. The second-order valence-corrected chi connectivity index (χ2v) is 8.24. The van der Waals surface area contributed by atoms with Crippen LogP contribution in [0.4, 0.5) is 0 Å². The molecule has 1 aromatic carbocycles. The van der Waals surface area contributed by atoms with Gasteiger partial charge >= 0.3 is 0 Å². The van der Waals surface area contributed by atoms with Crippen LogP contribution in [0.3, 0.4) is 0 Å². The Bertz CT molecular complexity index is 864. The maximum Gasteiger partial charge on any atom is 0.191 e. The van der Waals surface area contributed by atoms with Crippen molar-refractivity contribution in [2.24, 2.45) is 5.92 Å². The van der Waals surface area contributed by atoms with Gasteiger partial charge in [0.1, 0.15) is 0 Å². The highest BCUT2D eigenvalue weighted by atomic mass is 32.1. The Kier molecular flexibility index (Phi) is 4.65. The molecule has 2 heterocycles. The Hall–Kier alpha value is -1.65. The summed E-state index contributed by atoms with van der Waals surface area (Å²) in [5.41, 5.74) is 3.48. The van der Waals surface area contributed by atoms with Gasteiger partial charge in [0.05, 0.1) is 13.2 Å². The van der Waals surface area contributed by atoms with Crippen molar-refractivity contribution in [3.8, 4) is 0 Å². The molecular formula is C21H25NO2S. The van der Waals surface area contributed by atoms with Crippen LogP contribution in [0, 0.1) is 5.92 Å². The summed E-state index contributed by atoms with van der Waals surface area (Å²) in [6.07, 6.45) is 4.37. The van der Waals surface area contributed by atoms with Crippen molar-refractivity contribution in [1.82, 2.24) is 4.90 Å². The SMILES string of the molecule is C=C(c1ccc2c(=O)c3c(sc2c1)CC(CC)CC3)N1CCOCC1. The van der Waals surface area contributed by atoms with E-state index < -0.39 is 0 Å². The largest absolute Gasteiger partial charge is 0.378 e. The number of hydrogen-bond donors (Lipinski definition) is 0. The first-order valence-electron chi connectivity index (χ1n) is 9.28. The number of ether oxygens (including phenoxy) is 1. The average molecular weight is 356 g/mol. The lowest BCUT2D eigenvalue weighted by Crippen LogP contribution is -2.34. The van der Waals surface area contributed by atoms with Crippen molar-refractivity contribution in [3.63, 3.8) is 0 Å². The summed E-state index contributed by atoms with van der Waals surface area (Å²) >= 11 is 1.82. The standard InChI is InChI=1S/C21H25NO2S/c1-3-15-4-6-17-19(12-15)25-20-13-16(5-7-18(20)21(17)23)14(2)22-8-10-24-11-9-22/h5,7,13,15H,2-4,6,8-12H2,1H3. The first-order chi connectivity index (χ1) is 12.2. The molecule has 1 unspecified atom stereocenters. The molecule has 0 bridgehead atoms. The fraction of sp³-hybridized carbons (Fsp3) is 0.476. The summed E-state index contributed by atoms with van der Waals surface area (Å²) in [6, 6.07) is 6.22. The molecule has 0 amide bonds. The van der Waals surface area contributed by atoms with Crippen LogP contribution < -0.4 is 5.43 Å². The van der Waals surface area contributed by atoms with Gasteiger partial charge in [0.2, 0.25) is 0 Å². The minimum absolute atomic E-state index is 0.252. The molecular weight excluding hydrogens is 330 g/mol. The highest BCUT2D eigenvalue weighted by Gasteiger charge is 2.22. The summed E-state index contributed by atoms with van der Waals surface area (Å²) < 4.78 is 6.54. The van der Waals surface area contributed by atoms with Gasteiger partial charge in [0.15, 0.2) is 5.43 Å². The van der Waals surface area contributed by atoms with Gasteiger partial charge in [-0.1, -0.05) is 26.0 Å². The number of fused-ring (bicyclic) bond motifs is 2. The van der Waals surface area contributed by atoms with Crippen molar-refractivity contribution in [2.75, 3.05) is 26.3 Å². The van der Waals surface area contributed by atoms with Crippen molar-refractivity contribution >= 4 is 27.1 Å². The van der Waals surface area contributed by atoms with E-state index >= 15 is 0 Å². The predicted molar refractivity (Wildman–Crippen MR) is 105 cm³/mol. The Morgan fingerprint density at radius 1 is 1.36 bits per heavy atom. The van der Waals surface area contributed by atoms with Crippen LogP contribution in [0.15, 0.2) is 29.6 Å². The van der Waals surface area contributed by atoms with Gasteiger partial charge in [-0.15, -0.1) is 11.3 Å². The smallest absolute Gasteiger partial charge is 0.191 e. The molecule has 2 aliphatic rings. The van der Waals surface area contributed by atoms with E-state index in [1.165, 1.54) is 11.3 Å². The van der Waals surface area contributed by atoms with Crippen molar-refractivity contribution < 1.29 is 4.74 Å². The molecule has 0 spiro atoms. The van der Waals surface area contributed by atoms with Crippen LogP contribution in [0.5, 0.6) is 0 Å².